The van der Waals surface area contributed by atoms with E-state index in [1.165, 1.54) is 0 Å². The molecule has 0 aliphatic heterocycles. The van der Waals surface area contributed by atoms with E-state index in [0.29, 0.717) is 0 Å². The molecule has 2 rings (SSSR count). The second-order valence-electron chi connectivity index (χ2n) is 2.73. The van der Waals surface area contributed by atoms with Crippen LogP contribution in [-0.4, -0.2) is 0 Å². The van der Waals surface area contributed by atoms with Crippen molar-refractivity contribution >= 4 is 28.6 Å². The van der Waals surface area contributed by atoms with Crippen LogP contribution in [-0.2, 0) is 0 Å². The first-order valence-corrected chi connectivity index (χ1v) is 5.06. The molecule has 2 aromatic rings. The van der Waals surface area contributed by atoms with E-state index in [4.69, 9.17) is 17.3 Å². The van der Waals surface area contributed by atoms with Crippen LogP contribution in [0.1, 0.15) is 0 Å². The lowest BCUT2D eigenvalue weighted by Gasteiger charge is -1.97. The number of nitrogens with two attached hydrogens (primary N) is 1. The van der Waals surface area contributed by atoms with Gasteiger partial charge >= 0.3 is 0 Å². The van der Waals surface area contributed by atoms with Crippen molar-refractivity contribution in [3.8, 4) is 10.4 Å². The molecule has 0 bridgehead atoms. The van der Waals surface area contributed by atoms with E-state index in [1.807, 2.05) is 36.4 Å². The molecule has 0 aliphatic carbocycles. The third-order valence-corrected chi connectivity index (χ3v) is 3.02. The second-order valence-corrected chi connectivity index (χ2v) is 4.44. The van der Waals surface area contributed by atoms with Crippen LogP contribution in [0.25, 0.3) is 10.4 Å². The SMILES string of the molecule is Nc1cccc(-c2ccc(Cl)s2)c1. The van der Waals surface area contributed by atoms with Crippen molar-refractivity contribution in [3.63, 3.8) is 0 Å². The highest BCUT2D eigenvalue weighted by Gasteiger charge is 2.00. The molecule has 0 saturated carbocycles. The summed E-state index contributed by atoms with van der Waals surface area (Å²) >= 11 is 7.40. The maximum atomic E-state index is 5.84. The maximum absolute atomic E-state index is 5.84. The van der Waals surface area contributed by atoms with E-state index >= 15 is 0 Å². The molecular weight excluding hydrogens is 202 g/mol. The predicted octanol–water partition coefficient (Wildman–Crippen LogP) is 3.65. The molecule has 0 aliphatic rings. The molecule has 0 spiro atoms. The van der Waals surface area contributed by atoms with Crippen molar-refractivity contribution < 1.29 is 0 Å². The van der Waals surface area contributed by atoms with Crippen molar-refractivity contribution in [1.82, 2.24) is 0 Å². The Hall–Kier alpha value is -0.990. The number of hydrogen-bond acceptors (Lipinski definition) is 2. The molecular formula is C10H8ClNS. The Labute approximate surface area is 85.8 Å². The monoisotopic (exact) mass is 209 g/mol. The van der Waals surface area contributed by atoms with Crippen LogP contribution in [0.15, 0.2) is 36.4 Å². The fraction of sp³-hybridized carbons (Fsp3) is 0. The van der Waals surface area contributed by atoms with Gasteiger partial charge in [0.2, 0.25) is 0 Å². The van der Waals surface area contributed by atoms with E-state index < -0.39 is 0 Å². The Morgan fingerprint density at radius 1 is 1.15 bits per heavy atom. The molecule has 0 atom stereocenters. The summed E-state index contributed by atoms with van der Waals surface area (Å²) in [6.07, 6.45) is 0. The highest BCUT2D eigenvalue weighted by atomic mass is 35.5. The summed E-state index contributed by atoms with van der Waals surface area (Å²) in [4.78, 5) is 1.15. The standard InChI is InChI=1S/C10H8ClNS/c11-10-5-4-9(13-10)7-2-1-3-8(12)6-7/h1-6H,12H2. The van der Waals surface area contributed by atoms with E-state index in [1.54, 1.807) is 11.3 Å². The number of benzene rings is 1. The van der Waals surface area contributed by atoms with Crippen LogP contribution in [0.4, 0.5) is 5.69 Å². The summed E-state index contributed by atoms with van der Waals surface area (Å²) in [6.45, 7) is 0. The molecule has 0 unspecified atom stereocenters. The van der Waals surface area contributed by atoms with Crippen LogP contribution >= 0.6 is 22.9 Å². The number of hydrogen-bond donors (Lipinski definition) is 1. The molecule has 2 N–H and O–H groups in total. The third kappa shape index (κ3) is 1.85. The van der Waals surface area contributed by atoms with Gasteiger partial charge in [-0.3, -0.25) is 0 Å². The molecule has 1 nitrogen and oxygen atoms in total. The minimum Gasteiger partial charge on any atom is -0.399 e. The quantitative estimate of drug-likeness (QED) is 0.713. The first-order chi connectivity index (χ1) is 6.25. The van der Waals surface area contributed by atoms with Gasteiger partial charge in [-0.25, -0.2) is 0 Å². The van der Waals surface area contributed by atoms with Crippen LogP contribution in [0.3, 0.4) is 0 Å². The highest BCUT2D eigenvalue weighted by molar-refractivity contribution is 7.19. The van der Waals surface area contributed by atoms with E-state index in [-0.39, 0.29) is 0 Å². The summed E-state index contributed by atoms with van der Waals surface area (Å²) in [5.74, 6) is 0. The van der Waals surface area contributed by atoms with E-state index in [2.05, 4.69) is 0 Å². The molecule has 1 heterocycles. The maximum Gasteiger partial charge on any atom is 0.0934 e. The first-order valence-electron chi connectivity index (χ1n) is 3.87. The lowest BCUT2D eigenvalue weighted by molar-refractivity contribution is 1.68. The number of nitrogen functional groups attached to an aromatic ring is 1. The lowest BCUT2D eigenvalue weighted by Crippen LogP contribution is -1.83. The zero-order valence-corrected chi connectivity index (χ0v) is 8.40. The fourth-order valence-electron chi connectivity index (χ4n) is 1.16. The van der Waals surface area contributed by atoms with E-state index in [0.717, 1.165) is 20.5 Å². The molecule has 0 amide bonds. The summed E-state index contributed by atoms with van der Waals surface area (Å²) in [6, 6.07) is 11.7. The van der Waals surface area contributed by atoms with Crippen LogP contribution < -0.4 is 5.73 Å². The van der Waals surface area contributed by atoms with Crippen LogP contribution in [0.5, 0.6) is 0 Å². The van der Waals surface area contributed by atoms with Crippen molar-refractivity contribution in [2.75, 3.05) is 5.73 Å². The summed E-state index contributed by atoms with van der Waals surface area (Å²) in [5.41, 5.74) is 7.58. The smallest absolute Gasteiger partial charge is 0.0934 e. The van der Waals surface area contributed by atoms with Crippen molar-refractivity contribution in [1.29, 1.82) is 0 Å². The van der Waals surface area contributed by atoms with Crippen molar-refractivity contribution in [3.05, 3.63) is 40.7 Å². The van der Waals surface area contributed by atoms with Crippen molar-refractivity contribution in [2.24, 2.45) is 0 Å². The van der Waals surface area contributed by atoms with Gasteiger partial charge in [0.05, 0.1) is 4.34 Å². The normalized spacial score (nSPS) is 10.2. The van der Waals surface area contributed by atoms with Gasteiger partial charge < -0.3 is 5.73 Å². The third-order valence-electron chi connectivity index (χ3n) is 1.74. The van der Waals surface area contributed by atoms with Crippen LogP contribution in [0, 0.1) is 0 Å². The van der Waals surface area contributed by atoms with Crippen LogP contribution in [0.2, 0.25) is 4.34 Å². The minimum absolute atomic E-state index is 0.780. The van der Waals surface area contributed by atoms with Gasteiger partial charge in [0.15, 0.2) is 0 Å². The Morgan fingerprint density at radius 3 is 2.62 bits per heavy atom. The molecule has 0 fully saturated rings. The molecule has 1 aromatic carbocycles. The van der Waals surface area contributed by atoms with Gasteiger partial charge in [0.25, 0.3) is 0 Å². The largest absolute Gasteiger partial charge is 0.399 e. The van der Waals surface area contributed by atoms with Crippen molar-refractivity contribution in [2.45, 2.75) is 0 Å². The summed E-state index contributed by atoms with van der Waals surface area (Å²) < 4.78 is 0.803. The average molecular weight is 210 g/mol. The Morgan fingerprint density at radius 2 is 2.00 bits per heavy atom. The first kappa shape index (κ1) is 8.60. The second kappa shape index (κ2) is 3.40. The zero-order chi connectivity index (χ0) is 9.26. The Balaban J connectivity index is 2.46. The number of anilines is 1. The van der Waals surface area contributed by atoms with E-state index in [9.17, 15) is 0 Å². The Bertz CT molecular complexity index is 422. The molecule has 1 aromatic heterocycles. The van der Waals surface area contributed by atoms with Gasteiger partial charge in [0, 0.05) is 10.6 Å². The number of rotatable bonds is 1. The minimum atomic E-state index is 0.780. The molecule has 13 heavy (non-hydrogen) atoms. The molecule has 0 radical (unpaired) electrons. The lowest BCUT2D eigenvalue weighted by atomic mass is 10.2. The van der Waals surface area contributed by atoms with Gasteiger partial charge in [-0.2, -0.15) is 0 Å². The number of thiophene rings is 1. The van der Waals surface area contributed by atoms with Gasteiger partial charge in [-0.05, 0) is 29.8 Å². The topological polar surface area (TPSA) is 26.0 Å². The molecule has 66 valence electrons. The van der Waals surface area contributed by atoms with Gasteiger partial charge in [0.1, 0.15) is 0 Å². The van der Waals surface area contributed by atoms with Gasteiger partial charge in [-0.15, -0.1) is 11.3 Å². The fourth-order valence-corrected chi connectivity index (χ4v) is 2.20. The highest BCUT2D eigenvalue weighted by Crippen LogP contribution is 2.31. The number of halogens is 1. The predicted molar refractivity (Wildman–Crippen MR) is 59.2 cm³/mol. The average Bonchev–Trinajstić information content (AvgIpc) is 2.52. The molecule has 0 saturated heterocycles. The Kier molecular flexibility index (Phi) is 2.25. The van der Waals surface area contributed by atoms with Gasteiger partial charge in [-0.1, -0.05) is 23.7 Å². The molecule has 3 heteroatoms. The summed E-state index contributed by atoms with van der Waals surface area (Å²) in [5, 5.41) is 0. The summed E-state index contributed by atoms with van der Waals surface area (Å²) in [7, 11) is 0. The zero-order valence-electron chi connectivity index (χ0n) is 6.83.